The zero-order valence-electron chi connectivity index (χ0n) is 9.65. The number of aromatic amines is 1. The van der Waals surface area contributed by atoms with Crippen LogP contribution in [0.3, 0.4) is 0 Å². The van der Waals surface area contributed by atoms with Crippen LogP contribution in [-0.2, 0) is 0 Å². The maximum Gasteiger partial charge on any atom is 0.279 e. The van der Waals surface area contributed by atoms with E-state index in [0.29, 0.717) is 0 Å². The standard InChI is InChI=1S/C9H8N6O4/c1-4-6(8-11-9(10)13-12-8)2-5(14(16)17)3-7(4)15(18)19/h2-3H,1H3,(H3,10,11,12,13). The molecule has 0 fully saturated rings. The molecule has 19 heavy (non-hydrogen) atoms. The van der Waals surface area contributed by atoms with E-state index in [0.717, 1.165) is 6.07 Å². The van der Waals surface area contributed by atoms with Gasteiger partial charge in [0, 0.05) is 17.2 Å². The third-order valence-electron chi connectivity index (χ3n) is 2.53. The Balaban J connectivity index is 2.72. The molecule has 3 N–H and O–H groups in total. The first-order chi connectivity index (χ1) is 8.90. The van der Waals surface area contributed by atoms with Gasteiger partial charge in [-0.15, -0.1) is 5.10 Å². The van der Waals surface area contributed by atoms with Crippen molar-refractivity contribution < 1.29 is 9.85 Å². The maximum atomic E-state index is 10.9. The van der Waals surface area contributed by atoms with Gasteiger partial charge in [-0.1, -0.05) is 0 Å². The quantitative estimate of drug-likeness (QED) is 0.622. The van der Waals surface area contributed by atoms with Gasteiger partial charge in [-0.05, 0) is 6.92 Å². The van der Waals surface area contributed by atoms with Gasteiger partial charge >= 0.3 is 0 Å². The lowest BCUT2D eigenvalue weighted by Gasteiger charge is -2.03. The SMILES string of the molecule is Cc1c(-c2nc(N)n[nH]2)cc([N+](=O)[O-])cc1[N+](=O)[O-]. The number of nitrogens with one attached hydrogen (secondary N) is 1. The van der Waals surface area contributed by atoms with Crippen LogP contribution in [0.1, 0.15) is 5.56 Å². The summed E-state index contributed by atoms with van der Waals surface area (Å²) in [7, 11) is 0. The molecule has 0 aliphatic rings. The third-order valence-corrected chi connectivity index (χ3v) is 2.53. The number of nitrogens with two attached hydrogens (primary N) is 1. The minimum Gasteiger partial charge on any atom is -0.366 e. The van der Waals surface area contributed by atoms with Crippen LogP contribution in [0.4, 0.5) is 17.3 Å². The largest absolute Gasteiger partial charge is 0.366 e. The van der Waals surface area contributed by atoms with E-state index < -0.39 is 15.5 Å². The molecule has 0 aliphatic heterocycles. The van der Waals surface area contributed by atoms with Crippen LogP contribution in [0.25, 0.3) is 11.4 Å². The summed E-state index contributed by atoms with van der Waals surface area (Å²) in [6.07, 6.45) is 0. The second-order valence-electron chi connectivity index (χ2n) is 3.69. The Bertz CT molecular complexity index is 679. The average Bonchev–Trinajstić information content (AvgIpc) is 2.75. The summed E-state index contributed by atoms with van der Waals surface area (Å²) in [5.41, 5.74) is 5.03. The molecule has 10 nitrogen and oxygen atoms in total. The van der Waals surface area contributed by atoms with Crippen molar-refractivity contribution in [3.63, 3.8) is 0 Å². The normalized spacial score (nSPS) is 10.4. The van der Waals surface area contributed by atoms with Crippen molar-refractivity contribution in [2.45, 2.75) is 6.92 Å². The van der Waals surface area contributed by atoms with Crippen molar-refractivity contribution in [2.24, 2.45) is 0 Å². The number of H-pyrrole nitrogens is 1. The summed E-state index contributed by atoms with van der Waals surface area (Å²) in [5, 5.41) is 27.7. The van der Waals surface area contributed by atoms with Crippen molar-refractivity contribution in [3.8, 4) is 11.4 Å². The second-order valence-corrected chi connectivity index (χ2v) is 3.69. The number of aromatic nitrogens is 3. The predicted octanol–water partition coefficient (Wildman–Crippen LogP) is 1.18. The molecule has 2 aromatic rings. The highest BCUT2D eigenvalue weighted by Gasteiger charge is 2.23. The fourth-order valence-corrected chi connectivity index (χ4v) is 1.62. The van der Waals surface area contributed by atoms with Gasteiger partial charge in [0.15, 0.2) is 5.82 Å². The smallest absolute Gasteiger partial charge is 0.279 e. The van der Waals surface area contributed by atoms with Crippen molar-refractivity contribution in [1.29, 1.82) is 0 Å². The Kier molecular flexibility index (Phi) is 2.83. The van der Waals surface area contributed by atoms with Crippen molar-refractivity contribution in [3.05, 3.63) is 37.9 Å². The van der Waals surface area contributed by atoms with Gasteiger partial charge in [-0.3, -0.25) is 25.3 Å². The molecule has 1 aromatic carbocycles. The lowest BCUT2D eigenvalue weighted by molar-refractivity contribution is -0.394. The van der Waals surface area contributed by atoms with E-state index in [1.54, 1.807) is 0 Å². The number of nitrogens with zero attached hydrogens (tertiary/aromatic N) is 4. The molecule has 98 valence electrons. The Morgan fingerprint density at radius 1 is 1.26 bits per heavy atom. The number of anilines is 1. The van der Waals surface area contributed by atoms with Gasteiger partial charge in [0.2, 0.25) is 5.95 Å². The van der Waals surface area contributed by atoms with Gasteiger partial charge in [-0.2, -0.15) is 4.98 Å². The molecule has 0 amide bonds. The Morgan fingerprint density at radius 3 is 2.42 bits per heavy atom. The van der Waals surface area contributed by atoms with Gasteiger partial charge in [0.05, 0.1) is 15.9 Å². The Hall–Kier alpha value is -3.04. The molecule has 0 bridgehead atoms. The average molecular weight is 264 g/mol. The van der Waals surface area contributed by atoms with Crippen molar-refractivity contribution in [2.75, 3.05) is 5.73 Å². The number of nitrogen functional groups attached to an aromatic ring is 1. The summed E-state index contributed by atoms with van der Waals surface area (Å²) in [5.74, 6) is 0.0883. The number of hydrogen-bond acceptors (Lipinski definition) is 7. The first-order valence-corrected chi connectivity index (χ1v) is 5.02. The van der Waals surface area contributed by atoms with Crippen LogP contribution in [-0.4, -0.2) is 25.0 Å². The molecular weight excluding hydrogens is 256 g/mol. The van der Waals surface area contributed by atoms with Crippen molar-refractivity contribution in [1.82, 2.24) is 15.2 Å². The van der Waals surface area contributed by atoms with E-state index in [9.17, 15) is 20.2 Å². The van der Waals surface area contributed by atoms with Crippen LogP contribution < -0.4 is 5.73 Å². The minimum absolute atomic E-state index is 0.0523. The molecule has 2 rings (SSSR count). The van der Waals surface area contributed by atoms with Crippen molar-refractivity contribution >= 4 is 17.3 Å². The monoisotopic (exact) mass is 264 g/mol. The van der Waals surface area contributed by atoms with E-state index in [1.165, 1.54) is 13.0 Å². The number of hydrogen-bond donors (Lipinski definition) is 2. The topological polar surface area (TPSA) is 154 Å². The van der Waals surface area contributed by atoms with Gasteiger partial charge in [-0.25, -0.2) is 0 Å². The summed E-state index contributed by atoms with van der Waals surface area (Å²) < 4.78 is 0. The fraction of sp³-hybridized carbons (Fsp3) is 0.111. The minimum atomic E-state index is -0.713. The van der Waals surface area contributed by atoms with E-state index in [4.69, 9.17) is 5.73 Å². The number of rotatable bonds is 3. The predicted molar refractivity (Wildman–Crippen MR) is 64.3 cm³/mol. The highest BCUT2D eigenvalue weighted by atomic mass is 16.6. The van der Waals surface area contributed by atoms with Crippen LogP contribution in [0.5, 0.6) is 0 Å². The lowest BCUT2D eigenvalue weighted by Crippen LogP contribution is -1.98. The first kappa shape index (κ1) is 12.4. The van der Waals surface area contributed by atoms with Crippen LogP contribution in [0.15, 0.2) is 12.1 Å². The number of non-ortho nitro benzene ring substituents is 1. The third kappa shape index (κ3) is 2.18. The number of nitro groups is 2. The molecule has 0 saturated carbocycles. The molecule has 1 heterocycles. The maximum absolute atomic E-state index is 10.9. The van der Waals surface area contributed by atoms with Gasteiger partial charge in [0.25, 0.3) is 11.4 Å². The molecule has 0 unspecified atom stereocenters. The van der Waals surface area contributed by atoms with E-state index in [1.807, 2.05) is 0 Å². The fourth-order valence-electron chi connectivity index (χ4n) is 1.62. The van der Waals surface area contributed by atoms with E-state index in [2.05, 4.69) is 15.2 Å². The van der Waals surface area contributed by atoms with Gasteiger partial charge < -0.3 is 5.73 Å². The first-order valence-electron chi connectivity index (χ1n) is 5.02. The Labute approximate surface area is 105 Å². The summed E-state index contributed by atoms with van der Waals surface area (Å²) >= 11 is 0. The van der Waals surface area contributed by atoms with E-state index in [-0.39, 0.29) is 28.6 Å². The Morgan fingerprint density at radius 2 is 1.95 bits per heavy atom. The molecule has 1 aromatic heterocycles. The number of benzene rings is 1. The lowest BCUT2D eigenvalue weighted by atomic mass is 10.1. The molecule has 0 aliphatic carbocycles. The summed E-state index contributed by atoms with van der Waals surface area (Å²) in [6, 6.07) is 2.08. The summed E-state index contributed by atoms with van der Waals surface area (Å²) in [6.45, 7) is 1.47. The molecule has 0 saturated heterocycles. The zero-order chi connectivity index (χ0) is 14.2. The van der Waals surface area contributed by atoms with Crippen LogP contribution >= 0.6 is 0 Å². The molecule has 0 radical (unpaired) electrons. The molecule has 0 atom stereocenters. The molecule has 0 spiro atoms. The molecule has 10 heteroatoms. The van der Waals surface area contributed by atoms with Crippen LogP contribution in [0.2, 0.25) is 0 Å². The van der Waals surface area contributed by atoms with Gasteiger partial charge in [0.1, 0.15) is 0 Å². The van der Waals surface area contributed by atoms with E-state index >= 15 is 0 Å². The van der Waals surface area contributed by atoms with Crippen LogP contribution in [0, 0.1) is 27.2 Å². The number of nitro benzene ring substituents is 2. The summed E-state index contributed by atoms with van der Waals surface area (Å²) in [4.78, 5) is 24.1. The zero-order valence-corrected chi connectivity index (χ0v) is 9.65. The highest BCUT2D eigenvalue weighted by molar-refractivity contribution is 5.70. The highest BCUT2D eigenvalue weighted by Crippen LogP contribution is 2.32. The second kappa shape index (κ2) is 4.33. The molecular formula is C9H8N6O4.